The Morgan fingerprint density at radius 3 is 2.57 bits per heavy atom. The molecule has 0 saturated heterocycles. The molecule has 0 aliphatic rings. The predicted molar refractivity (Wildman–Crippen MR) is 81.4 cm³/mol. The largest absolute Gasteiger partial charge is 0.370 e. The number of hydrogen-bond acceptors (Lipinski definition) is 5. The van der Waals surface area contributed by atoms with Gasteiger partial charge in [-0.15, -0.1) is 0 Å². The number of aromatic nitrogens is 1. The summed E-state index contributed by atoms with van der Waals surface area (Å²) in [6, 6.07) is 1.28. The summed E-state index contributed by atoms with van der Waals surface area (Å²) in [4.78, 5) is 26.7. The summed E-state index contributed by atoms with van der Waals surface area (Å²) in [7, 11) is 0. The Morgan fingerprint density at radius 2 is 2.10 bits per heavy atom. The molecule has 0 saturated carbocycles. The number of carbonyl (C=O) groups is 1. The Hall–Kier alpha value is -2.18. The Kier molecular flexibility index (Phi) is 5.23. The second-order valence-electron chi connectivity index (χ2n) is 5.94. The van der Waals surface area contributed by atoms with Crippen LogP contribution in [0.4, 0.5) is 11.5 Å². The molecule has 0 radical (unpaired) electrons. The smallest absolute Gasteiger partial charge is 0.300 e. The number of amides is 1. The number of pyridine rings is 1. The van der Waals surface area contributed by atoms with Gasteiger partial charge in [0.2, 0.25) is 0 Å². The zero-order valence-electron chi connectivity index (χ0n) is 13.1. The lowest BCUT2D eigenvalue weighted by Gasteiger charge is -2.28. The Morgan fingerprint density at radius 1 is 1.48 bits per heavy atom. The number of carbonyl (C=O) groups excluding carboxylic acids is 1. The fourth-order valence-corrected chi connectivity index (χ4v) is 1.54. The average Bonchev–Trinajstić information content (AvgIpc) is 2.37. The van der Waals surface area contributed by atoms with E-state index in [1.165, 1.54) is 6.07 Å². The number of nitro groups is 1. The second-order valence-corrected chi connectivity index (χ2v) is 5.94. The van der Waals surface area contributed by atoms with Crippen molar-refractivity contribution >= 4 is 17.4 Å². The molecule has 1 atom stereocenters. The maximum Gasteiger partial charge on any atom is 0.300 e. The van der Waals surface area contributed by atoms with Crippen molar-refractivity contribution < 1.29 is 9.72 Å². The molecule has 0 bridgehead atoms. The normalized spacial score (nSPS) is 12.6. The van der Waals surface area contributed by atoms with Crippen LogP contribution in [0.15, 0.2) is 12.3 Å². The van der Waals surface area contributed by atoms with Gasteiger partial charge in [0, 0.05) is 18.7 Å². The van der Waals surface area contributed by atoms with Gasteiger partial charge in [-0.25, -0.2) is 4.98 Å². The van der Waals surface area contributed by atoms with Crippen LogP contribution in [-0.2, 0) is 0 Å². The third kappa shape index (κ3) is 4.40. The van der Waals surface area contributed by atoms with Crippen molar-refractivity contribution in [2.24, 2.45) is 5.41 Å². The zero-order valence-corrected chi connectivity index (χ0v) is 13.1. The van der Waals surface area contributed by atoms with E-state index in [1.54, 1.807) is 0 Å². The van der Waals surface area contributed by atoms with Gasteiger partial charge in [0.25, 0.3) is 11.6 Å². The molecule has 0 aromatic carbocycles. The quantitative estimate of drug-likeness (QED) is 0.642. The van der Waals surface area contributed by atoms with Gasteiger partial charge in [-0.3, -0.25) is 14.9 Å². The van der Waals surface area contributed by atoms with E-state index < -0.39 is 10.8 Å². The van der Waals surface area contributed by atoms with Crippen LogP contribution in [0, 0.1) is 15.5 Å². The van der Waals surface area contributed by atoms with Gasteiger partial charge in [-0.05, 0) is 19.3 Å². The Bertz CT molecular complexity index is 538. The second kappa shape index (κ2) is 6.51. The average molecular weight is 294 g/mol. The van der Waals surface area contributed by atoms with Crippen LogP contribution in [0.2, 0.25) is 0 Å². The maximum atomic E-state index is 12.3. The first kappa shape index (κ1) is 16.9. The topological polar surface area (TPSA) is 97.2 Å². The summed E-state index contributed by atoms with van der Waals surface area (Å²) in [6.45, 7) is 10.3. The third-order valence-electron chi connectivity index (χ3n) is 3.33. The van der Waals surface area contributed by atoms with Gasteiger partial charge in [-0.2, -0.15) is 0 Å². The number of rotatable bonds is 5. The van der Waals surface area contributed by atoms with Crippen molar-refractivity contribution in [2.75, 3.05) is 11.9 Å². The molecule has 1 amide bonds. The molecule has 1 aromatic rings. The SMILES string of the molecule is CCNc1cc(C(=O)NC(C)C(C)(C)C)c([N+](=O)[O-])cn1. The van der Waals surface area contributed by atoms with Gasteiger partial charge >= 0.3 is 0 Å². The lowest BCUT2D eigenvalue weighted by molar-refractivity contribution is -0.385. The summed E-state index contributed by atoms with van der Waals surface area (Å²) in [6.07, 6.45) is 1.11. The summed E-state index contributed by atoms with van der Waals surface area (Å²) in [5.41, 5.74) is -0.417. The molecule has 0 aliphatic heterocycles. The standard InChI is InChI=1S/C14H22N4O3/c1-6-15-12-7-10(11(8-16-12)18(20)21)13(19)17-9(2)14(3,4)5/h7-9H,6H2,1-5H3,(H,15,16)(H,17,19). The zero-order chi connectivity index (χ0) is 16.2. The highest BCUT2D eigenvalue weighted by molar-refractivity contribution is 5.98. The van der Waals surface area contributed by atoms with Gasteiger partial charge in [0.1, 0.15) is 17.6 Å². The molecule has 7 heteroatoms. The summed E-state index contributed by atoms with van der Waals surface area (Å²) >= 11 is 0. The summed E-state index contributed by atoms with van der Waals surface area (Å²) < 4.78 is 0. The maximum absolute atomic E-state index is 12.3. The molecule has 0 aliphatic carbocycles. The Balaban J connectivity index is 3.10. The number of nitrogens with zero attached hydrogens (tertiary/aromatic N) is 2. The fourth-order valence-electron chi connectivity index (χ4n) is 1.54. The van der Waals surface area contributed by atoms with E-state index >= 15 is 0 Å². The van der Waals surface area contributed by atoms with E-state index in [1.807, 2.05) is 34.6 Å². The summed E-state index contributed by atoms with van der Waals surface area (Å²) in [5.74, 6) is -0.0256. The van der Waals surface area contributed by atoms with Gasteiger partial charge in [-0.1, -0.05) is 20.8 Å². The Labute approximate surface area is 124 Å². The first-order valence-electron chi connectivity index (χ1n) is 6.86. The number of hydrogen-bond donors (Lipinski definition) is 2. The van der Waals surface area contributed by atoms with Crippen molar-refractivity contribution in [2.45, 2.75) is 40.7 Å². The van der Waals surface area contributed by atoms with Crippen LogP contribution in [-0.4, -0.2) is 28.4 Å². The van der Waals surface area contributed by atoms with Crippen molar-refractivity contribution in [3.05, 3.63) is 27.9 Å². The molecule has 0 fully saturated rings. The van der Waals surface area contributed by atoms with Crippen molar-refractivity contribution in [1.82, 2.24) is 10.3 Å². The van der Waals surface area contributed by atoms with Crippen molar-refractivity contribution in [3.8, 4) is 0 Å². The van der Waals surface area contributed by atoms with E-state index in [9.17, 15) is 14.9 Å². The number of nitrogens with one attached hydrogen (secondary N) is 2. The lowest BCUT2D eigenvalue weighted by Crippen LogP contribution is -2.41. The molecule has 21 heavy (non-hydrogen) atoms. The highest BCUT2D eigenvalue weighted by Crippen LogP contribution is 2.23. The van der Waals surface area contributed by atoms with E-state index in [0.717, 1.165) is 6.20 Å². The molecule has 0 spiro atoms. The van der Waals surface area contributed by atoms with Crippen LogP contribution < -0.4 is 10.6 Å². The molecule has 1 heterocycles. The highest BCUT2D eigenvalue weighted by Gasteiger charge is 2.26. The van der Waals surface area contributed by atoms with E-state index in [0.29, 0.717) is 12.4 Å². The molecule has 7 nitrogen and oxygen atoms in total. The van der Waals surface area contributed by atoms with E-state index in [2.05, 4.69) is 15.6 Å². The third-order valence-corrected chi connectivity index (χ3v) is 3.33. The van der Waals surface area contributed by atoms with Crippen LogP contribution in [0.3, 0.4) is 0 Å². The molecular formula is C14H22N4O3. The first-order valence-corrected chi connectivity index (χ1v) is 6.86. The van der Waals surface area contributed by atoms with Crippen molar-refractivity contribution in [1.29, 1.82) is 0 Å². The minimum absolute atomic E-state index is 0.0158. The highest BCUT2D eigenvalue weighted by atomic mass is 16.6. The minimum atomic E-state index is -0.598. The summed E-state index contributed by atoms with van der Waals surface area (Å²) in [5, 5.41) is 16.8. The van der Waals surface area contributed by atoms with Crippen molar-refractivity contribution in [3.63, 3.8) is 0 Å². The molecule has 1 unspecified atom stereocenters. The molecule has 1 rings (SSSR count). The van der Waals surface area contributed by atoms with Gasteiger partial charge in [0.15, 0.2) is 0 Å². The molecule has 2 N–H and O–H groups in total. The van der Waals surface area contributed by atoms with Gasteiger partial charge in [0.05, 0.1) is 4.92 Å². The number of anilines is 1. The fraction of sp³-hybridized carbons (Fsp3) is 0.571. The molecule has 1 aromatic heterocycles. The van der Waals surface area contributed by atoms with E-state index in [-0.39, 0.29) is 22.7 Å². The van der Waals surface area contributed by atoms with Crippen LogP contribution in [0.1, 0.15) is 45.0 Å². The molecular weight excluding hydrogens is 272 g/mol. The molecule has 116 valence electrons. The lowest BCUT2D eigenvalue weighted by atomic mass is 9.88. The minimum Gasteiger partial charge on any atom is -0.370 e. The first-order chi connectivity index (χ1) is 9.66. The van der Waals surface area contributed by atoms with Crippen LogP contribution in [0.25, 0.3) is 0 Å². The van der Waals surface area contributed by atoms with E-state index in [4.69, 9.17) is 0 Å². The van der Waals surface area contributed by atoms with Gasteiger partial charge < -0.3 is 10.6 Å². The van der Waals surface area contributed by atoms with Crippen LogP contribution in [0.5, 0.6) is 0 Å². The van der Waals surface area contributed by atoms with Crippen LogP contribution >= 0.6 is 0 Å². The predicted octanol–water partition coefficient (Wildman–Crippen LogP) is 2.59. The monoisotopic (exact) mass is 294 g/mol.